The van der Waals surface area contributed by atoms with Crippen molar-refractivity contribution in [3.8, 4) is 0 Å². The average Bonchev–Trinajstić information content (AvgIpc) is 2.75. The summed E-state index contributed by atoms with van der Waals surface area (Å²) in [5.41, 5.74) is 1.88. The van der Waals surface area contributed by atoms with Crippen molar-refractivity contribution in [3.05, 3.63) is 47.7 Å². The summed E-state index contributed by atoms with van der Waals surface area (Å²) in [6, 6.07) is 9.71. The van der Waals surface area contributed by atoms with Gasteiger partial charge in [0.2, 0.25) is 0 Å². The number of hydrogen-bond donors (Lipinski definition) is 0. The minimum Gasteiger partial charge on any atom is -0.260 e. The molecule has 0 unspecified atom stereocenters. The molecule has 0 spiro atoms. The van der Waals surface area contributed by atoms with Crippen LogP contribution in [0.5, 0.6) is 0 Å². The molecule has 0 saturated carbocycles. The van der Waals surface area contributed by atoms with Gasteiger partial charge in [-0.2, -0.15) is 12.7 Å². The molecule has 2 heterocycles. The molecule has 2 aliphatic rings. The molecule has 3 rings (SSSR count). The smallest absolute Gasteiger partial charge is 0.260 e. The number of hydrogen-bond acceptors (Lipinski definition) is 2. The third-order valence-corrected chi connectivity index (χ3v) is 5.41. The standard InChI is InChI=1S/C14H18N2O2S/c1-14(2)8-13-10-15(19(17,18)16(13)11-14)9-12-6-4-3-5-7-12/h3-8H,9-11H2,1-2H3. The fourth-order valence-corrected chi connectivity index (χ4v) is 4.51. The molecule has 1 saturated heterocycles. The van der Waals surface area contributed by atoms with Gasteiger partial charge < -0.3 is 0 Å². The van der Waals surface area contributed by atoms with E-state index in [1.165, 1.54) is 0 Å². The first-order valence-corrected chi connectivity index (χ1v) is 7.82. The van der Waals surface area contributed by atoms with Gasteiger partial charge in [-0.25, -0.2) is 0 Å². The van der Waals surface area contributed by atoms with Crippen molar-refractivity contribution in [2.24, 2.45) is 5.41 Å². The average molecular weight is 278 g/mol. The number of benzene rings is 1. The molecule has 0 radical (unpaired) electrons. The van der Waals surface area contributed by atoms with E-state index in [0.717, 1.165) is 11.3 Å². The van der Waals surface area contributed by atoms with E-state index in [9.17, 15) is 8.42 Å². The molecular weight excluding hydrogens is 260 g/mol. The molecule has 1 aromatic rings. The molecule has 0 aromatic heterocycles. The largest absolute Gasteiger partial charge is 0.304 e. The predicted molar refractivity (Wildman–Crippen MR) is 74.3 cm³/mol. The predicted octanol–water partition coefficient (Wildman–Crippen LogP) is 1.97. The van der Waals surface area contributed by atoms with Gasteiger partial charge in [0.15, 0.2) is 0 Å². The summed E-state index contributed by atoms with van der Waals surface area (Å²) < 4.78 is 28.1. The second kappa shape index (κ2) is 4.08. The summed E-state index contributed by atoms with van der Waals surface area (Å²) in [6.45, 7) is 5.61. The highest BCUT2D eigenvalue weighted by atomic mass is 32.2. The van der Waals surface area contributed by atoms with Crippen LogP contribution in [0.25, 0.3) is 0 Å². The summed E-state index contributed by atoms with van der Waals surface area (Å²) in [4.78, 5) is 0. The van der Waals surface area contributed by atoms with Crippen LogP contribution in [0.1, 0.15) is 19.4 Å². The molecule has 0 aliphatic carbocycles. The highest BCUT2D eigenvalue weighted by Gasteiger charge is 2.45. The fraction of sp³-hybridized carbons (Fsp3) is 0.429. The molecule has 19 heavy (non-hydrogen) atoms. The summed E-state index contributed by atoms with van der Waals surface area (Å²) in [5.74, 6) is 0. The van der Waals surface area contributed by atoms with Crippen molar-refractivity contribution in [3.63, 3.8) is 0 Å². The molecule has 102 valence electrons. The lowest BCUT2D eigenvalue weighted by Crippen LogP contribution is -2.35. The maximum absolute atomic E-state index is 12.5. The Labute approximate surface area is 114 Å². The zero-order valence-electron chi connectivity index (χ0n) is 11.2. The Balaban J connectivity index is 1.87. The topological polar surface area (TPSA) is 40.6 Å². The summed E-state index contributed by atoms with van der Waals surface area (Å²) >= 11 is 0. The lowest BCUT2D eigenvalue weighted by Gasteiger charge is -2.22. The molecule has 1 fully saturated rings. The van der Waals surface area contributed by atoms with Crippen molar-refractivity contribution >= 4 is 10.2 Å². The van der Waals surface area contributed by atoms with Crippen molar-refractivity contribution in [2.75, 3.05) is 13.1 Å². The first kappa shape index (κ1) is 12.7. The van der Waals surface area contributed by atoms with E-state index in [-0.39, 0.29) is 5.41 Å². The van der Waals surface area contributed by atoms with Crippen LogP contribution in [0.3, 0.4) is 0 Å². The highest BCUT2D eigenvalue weighted by molar-refractivity contribution is 7.87. The van der Waals surface area contributed by atoms with Gasteiger partial charge in [0.1, 0.15) is 0 Å². The molecule has 0 atom stereocenters. The van der Waals surface area contributed by atoms with Crippen LogP contribution in [0.4, 0.5) is 0 Å². The maximum atomic E-state index is 12.5. The van der Waals surface area contributed by atoms with Gasteiger partial charge in [-0.15, -0.1) is 0 Å². The Bertz CT molecular complexity index is 620. The Morgan fingerprint density at radius 3 is 2.53 bits per heavy atom. The molecule has 2 aliphatic heterocycles. The van der Waals surface area contributed by atoms with Gasteiger partial charge in [0, 0.05) is 24.2 Å². The van der Waals surface area contributed by atoms with Gasteiger partial charge >= 0.3 is 10.2 Å². The molecule has 4 nitrogen and oxygen atoms in total. The molecule has 1 aromatic carbocycles. The van der Waals surface area contributed by atoms with Crippen LogP contribution in [-0.4, -0.2) is 30.1 Å². The second-order valence-electron chi connectivity index (χ2n) is 5.89. The summed E-state index contributed by atoms with van der Waals surface area (Å²) in [6.07, 6.45) is 2.08. The third-order valence-electron chi connectivity index (χ3n) is 3.57. The lowest BCUT2D eigenvalue weighted by molar-refractivity contribution is 0.391. The maximum Gasteiger partial charge on any atom is 0.304 e. The van der Waals surface area contributed by atoms with Crippen molar-refractivity contribution < 1.29 is 8.42 Å². The number of fused-ring (bicyclic) bond motifs is 1. The molecule has 0 amide bonds. The van der Waals surface area contributed by atoms with E-state index in [2.05, 4.69) is 19.9 Å². The van der Waals surface area contributed by atoms with Crippen LogP contribution >= 0.6 is 0 Å². The van der Waals surface area contributed by atoms with Crippen molar-refractivity contribution in [1.82, 2.24) is 8.61 Å². The normalized spacial score (nSPS) is 24.3. The Hall–Kier alpha value is -1.33. The van der Waals surface area contributed by atoms with E-state index in [1.807, 2.05) is 30.3 Å². The number of nitrogens with zero attached hydrogens (tertiary/aromatic N) is 2. The van der Waals surface area contributed by atoms with Crippen LogP contribution in [0.15, 0.2) is 42.1 Å². The van der Waals surface area contributed by atoms with Crippen LogP contribution in [-0.2, 0) is 16.8 Å². The SMILES string of the molecule is CC1(C)C=C2CN(Cc3ccccc3)S(=O)(=O)N2C1. The van der Waals surface area contributed by atoms with E-state index in [4.69, 9.17) is 0 Å². The summed E-state index contributed by atoms with van der Waals surface area (Å²) in [7, 11) is -3.34. The second-order valence-corrected chi connectivity index (χ2v) is 7.75. The van der Waals surface area contributed by atoms with Gasteiger partial charge in [-0.05, 0) is 5.56 Å². The first-order valence-electron chi connectivity index (χ1n) is 6.42. The van der Waals surface area contributed by atoms with Gasteiger partial charge in [0.25, 0.3) is 0 Å². The van der Waals surface area contributed by atoms with E-state index in [0.29, 0.717) is 19.6 Å². The molecular formula is C14H18N2O2S. The van der Waals surface area contributed by atoms with Gasteiger partial charge in [-0.3, -0.25) is 4.31 Å². The Kier molecular flexibility index (Phi) is 2.73. The lowest BCUT2D eigenvalue weighted by atomic mass is 9.96. The first-order chi connectivity index (χ1) is 8.88. The molecule has 0 bridgehead atoms. The van der Waals surface area contributed by atoms with Crippen LogP contribution < -0.4 is 0 Å². The zero-order chi connectivity index (χ0) is 13.7. The van der Waals surface area contributed by atoms with Crippen molar-refractivity contribution in [2.45, 2.75) is 20.4 Å². The van der Waals surface area contributed by atoms with E-state index < -0.39 is 10.2 Å². The monoisotopic (exact) mass is 278 g/mol. The Morgan fingerprint density at radius 1 is 1.21 bits per heavy atom. The highest BCUT2D eigenvalue weighted by Crippen LogP contribution is 2.38. The van der Waals surface area contributed by atoms with E-state index in [1.54, 1.807) is 8.61 Å². The Morgan fingerprint density at radius 2 is 1.89 bits per heavy atom. The third kappa shape index (κ3) is 2.17. The quantitative estimate of drug-likeness (QED) is 0.830. The zero-order valence-corrected chi connectivity index (χ0v) is 12.0. The van der Waals surface area contributed by atoms with Crippen molar-refractivity contribution in [1.29, 1.82) is 0 Å². The summed E-state index contributed by atoms with van der Waals surface area (Å²) in [5, 5.41) is 0. The number of rotatable bonds is 2. The fourth-order valence-electron chi connectivity index (χ4n) is 2.72. The van der Waals surface area contributed by atoms with Crippen LogP contribution in [0.2, 0.25) is 0 Å². The van der Waals surface area contributed by atoms with Gasteiger partial charge in [-0.1, -0.05) is 50.3 Å². The van der Waals surface area contributed by atoms with E-state index >= 15 is 0 Å². The minimum atomic E-state index is -3.34. The molecule has 0 N–H and O–H groups in total. The van der Waals surface area contributed by atoms with Crippen LogP contribution in [0, 0.1) is 5.41 Å². The molecule has 5 heteroatoms. The minimum absolute atomic E-state index is 0.0543. The van der Waals surface area contributed by atoms with Gasteiger partial charge in [0.05, 0.1) is 6.54 Å².